The van der Waals surface area contributed by atoms with Gasteiger partial charge in [0, 0.05) is 7.05 Å². The van der Waals surface area contributed by atoms with Gasteiger partial charge in [0.05, 0.1) is 12.6 Å². The van der Waals surface area contributed by atoms with Crippen molar-refractivity contribution in [2.75, 3.05) is 13.7 Å². The van der Waals surface area contributed by atoms with E-state index in [4.69, 9.17) is 4.74 Å². The van der Waals surface area contributed by atoms with Crippen molar-refractivity contribution >= 4 is 6.09 Å². The average Bonchev–Trinajstić information content (AvgIpc) is 2.46. The van der Waals surface area contributed by atoms with Crippen LogP contribution in [0.1, 0.15) is 25.8 Å². The minimum atomic E-state index is -0.400. The zero-order valence-electron chi connectivity index (χ0n) is 11.9. The first kappa shape index (κ1) is 15.5. The summed E-state index contributed by atoms with van der Waals surface area (Å²) in [7, 11) is 1.67. The molecule has 0 spiro atoms. The summed E-state index contributed by atoms with van der Waals surface area (Å²) < 4.78 is 5.24. The van der Waals surface area contributed by atoms with Gasteiger partial charge in [0.2, 0.25) is 0 Å². The molecule has 1 rings (SSSR count). The third-order valence-corrected chi connectivity index (χ3v) is 3.48. The highest BCUT2D eigenvalue weighted by atomic mass is 16.6. The summed E-state index contributed by atoms with van der Waals surface area (Å²) in [5, 5.41) is 9.38. The Hall–Kier alpha value is -1.55. The molecule has 1 aromatic carbocycles. The molecule has 0 saturated carbocycles. The molecular weight excluding hydrogens is 242 g/mol. The summed E-state index contributed by atoms with van der Waals surface area (Å²) in [6.07, 6.45) is 0.504. The summed E-state index contributed by atoms with van der Waals surface area (Å²) in [6, 6.07) is 9.35. The summed E-state index contributed by atoms with van der Waals surface area (Å²) in [5.41, 5.74) is 0.952. The van der Waals surface area contributed by atoms with Crippen molar-refractivity contribution in [1.82, 2.24) is 4.90 Å². The normalized spacial score (nSPS) is 13.7. The highest BCUT2D eigenvalue weighted by Gasteiger charge is 2.24. The lowest BCUT2D eigenvalue weighted by Gasteiger charge is -2.30. The van der Waals surface area contributed by atoms with Crippen molar-refractivity contribution in [3.8, 4) is 0 Å². The number of carbonyl (C=O) groups is 1. The zero-order valence-corrected chi connectivity index (χ0v) is 11.9. The fraction of sp³-hybridized carbons (Fsp3) is 0.533. The van der Waals surface area contributed by atoms with Crippen LogP contribution in [0.4, 0.5) is 4.79 Å². The predicted octanol–water partition coefficient (Wildman–Crippen LogP) is 2.66. The zero-order chi connectivity index (χ0) is 14.3. The van der Waals surface area contributed by atoms with Gasteiger partial charge in [0.25, 0.3) is 0 Å². The first-order chi connectivity index (χ1) is 9.10. The van der Waals surface area contributed by atoms with Gasteiger partial charge in [-0.05, 0) is 11.5 Å². The van der Waals surface area contributed by atoms with Gasteiger partial charge in [-0.3, -0.25) is 0 Å². The summed E-state index contributed by atoms with van der Waals surface area (Å²) in [4.78, 5) is 13.4. The number of rotatable bonds is 6. The lowest BCUT2D eigenvalue weighted by Crippen LogP contribution is -2.43. The Bertz CT molecular complexity index is 380. The average molecular weight is 265 g/mol. The van der Waals surface area contributed by atoms with Crippen LogP contribution < -0.4 is 0 Å². The molecule has 1 aromatic rings. The van der Waals surface area contributed by atoms with Crippen LogP contribution in [0.25, 0.3) is 0 Å². The molecule has 0 fully saturated rings. The highest BCUT2D eigenvalue weighted by molar-refractivity contribution is 5.67. The molecular formula is C15H23NO3. The second kappa shape index (κ2) is 7.79. The third kappa shape index (κ3) is 4.56. The Morgan fingerprint density at radius 3 is 2.53 bits per heavy atom. The van der Waals surface area contributed by atoms with Crippen molar-refractivity contribution in [3.05, 3.63) is 35.9 Å². The maximum absolute atomic E-state index is 11.9. The lowest BCUT2D eigenvalue weighted by atomic mass is 9.99. The van der Waals surface area contributed by atoms with E-state index in [1.165, 1.54) is 4.90 Å². The largest absolute Gasteiger partial charge is 0.445 e. The molecule has 0 saturated heterocycles. The number of hydrogen-bond acceptors (Lipinski definition) is 3. The fourth-order valence-corrected chi connectivity index (χ4v) is 1.91. The molecule has 106 valence electrons. The second-order valence-electron chi connectivity index (χ2n) is 4.79. The monoisotopic (exact) mass is 265 g/mol. The van der Waals surface area contributed by atoms with E-state index in [1.807, 2.05) is 44.2 Å². The minimum Gasteiger partial charge on any atom is -0.445 e. The van der Waals surface area contributed by atoms with E-state index in [-0.39, 0.29) is 25.2 Å². The Morgan fingerprint density at radius 2 is 2.00 bits per heavy atom. The third-order valence-electron chi connectivity index (χ3n) is 3.48. The van der Waals surface area contributed by atoms with Gasteiger partial charge in [-0.2, -0.15) is 0 Å². The topological polar surface area (TPSA) is 49.8 Å². The van der Waals surface area contributed by atoms with E-state index in [0.29, 0.717) is 0 Å². The van der Waals surface area contributed by atoms with Gasteiger partial charge in [0.1, 0.15) is 6.61 Å². The van der Waals surface area contributed by atoms with Crippen LogP contribution in [-0.4, -0.2) is 35.8 Å². The molecule has 1 amide bonds. The maximum Gasteiger partial charge on any atom is 0.410 e. The molecule has 0 heterocycles. The molecule has 4 nitrogen and oxygen atoms in total. The van der Waals surface area contributed by atoms with Crippen molar-refractivity contribution < 1.29 is 14.6 Å². The molecule has 0 unspecified atom stereocenters. The molecule has 0 bridgehead atoms. The van der Waals surface area contributed by atoms with E-state index in [9.17, 15) is 9.90 Å². The van der Waals surface area contributed by atoms with Crippen molar-refractivity contribution in [2.45, 2.75) is 32.9 Å². The van der Waals surface area contributed by atoms with Gasteiger partial charge in [-0.25, -0.2) is 4.79 Å². The molecule has 0 aliphatic rings. The first-order valence-electron chi connectivity index (χ1n) is 6.64. The minimum absolute atomic E-state index is 0.0497. The quantitative estimate of drug-likeness (QED) is 0.860. The number of carbonyl (C=O) groups excluding carboxylic acids is 1. The van der Waals surface area contributed by atoms with E-state index in [1.54, 1.807) is 7.05 Å². The smallest absolute Gasteiger partial charge is 0.410 e. The van der Waals surface area contributed by atoms with E-state index in [2.05, 4.69) is 0 Å². The van der Waals surface area contributed by atoms with Crippen molar-refractivity contribution in [3.63, 3.8) is 0 Å². The van der Waals surface area contributed by atoms with Gasteiger partial charge in [-0.15, -0.1) is 0 Å². The Balaban J connectivity index is 2.52. The highest BCUT2D eigenvalue weighted by Crippen LogP contribution is 2.14. The van der Waals surface area contributed by atoms with Crippen LogP contribution in [0.15, 0.2) is 30.3 Å². The van der Waals surface area contributed by atoms with Crippen LogP contribution in [0.3, 0.4) is 0 Å². The molecule has 2 atom stereocenters. The number of amides is 1. The SMILES string of the molecule is CC[C@H](C)[C@@H](CO)N(C)C(=O)OCc1ccccc1. The van der Waals surface area contributed by atoms with Crippen LogP contribution in [0.2, 0.25) is 0 Å². The fourth-order valence-electron chi connectivity index (χ4n) is 1.91. The predicted molar refractivity (Wildman–Crippen MR) is 74.7 cm³/mol. The van der Waals surface area contributed by atoms with E-state index >= 15 is 0 Å². The van der Waals surface area contributed by atoms with Gasteiger partial charge < -0.3 is 14.7 Å². The standard InChI is InChI=1S/C15H23NO3/c1-4-12(2)14(10-17)16(3)15(18)19-11-13-8-6-5-7-9-13/h5-9,12,14,17H,4,10-11H2,1-3H3/t12-,14+/m0/s1. The molecule has 0 radical (unpaired) electrons. The van der Waals surface area contributed by atoms with E-state index < -0.39 is 6.09 Å². The number of nitrogens with zero attached hydrogens (tertiary/aromatic N) is 1. The van der Waals surface area contributed by atoms with Gasteiger partial charge in [-0.1, -0.05) is 50.6 Å². The van der Waals surface area contributed by atoms with Crippen molar-refractivity contribution in [1.29, 1.82) is 0 Å². The number of aliphatic hydroxyl groups is 1. The van der Waals surface area contributed by atoms with Crippen LogP contribution in [-0.2, 0) is 11.3 Å². The summed E-state index contributed by atoms with van der Waals surface area (Å²) in [6.45, 7) is 4.26. The molecule has 1 N–H and O–H groups in total. The maximum atomic E-state index is 11.9. The van der Waals surface area contributed by atoms with Crippen LogP contribution in [0.5, 0.6) is 0 Å². The number of benzene rings is 1. The Labute approximate surface area is 115 Å². The summed E-state index contributed by atoms with van der Waals surface area (Å²) in [5.74, 6) is 0.235. The Kier molecular flexibility index (Phi) is 6.36. The van der Waals surface area contributed by atoms with Gasteiger partial charge in [0.15, 0.2) is 0 Å². The number of aliphatic hydroxyl groups excluding tert-OH is 1. The van der Waals surface area contributed by atoms with Gasteiger partial charge >= 0.3 is 6.09 Å². The summed E-state index contributed by atoms with van der Waals surface area (Å²) >= 11 is 0. The van der Waals surface area contributed by atoms with Crippen LogP contribution >= 0.6 is 0 Å². The molecule has 0 aliphatic heterocycles. The first-order valence-corrected chi connectivity index (χ1v) is 6.64. The van der Waals surface area contributed by atoms with E-state index in [0.717, 1.165) is 12.0 Å². The Morgan fingerprint density at radius 1 is 1.37 bits per heavy atom. The molecule has 4 heteroatoms. The number of likely N-dealkylation sites (N-methyl/N-ethyl adjacent to an activating group) is 1. The number of ether oxygens (including phenoxy) is 1. The number of hydrogen-bond donors (Lipinski definition) is 1. The second-order valence-corrected chi connectivity index (χ2v) is 4.79. The lowest BCUT2D eigenvalue weighted by molar-refractivity contribution is 0.0602. The van der Waals surface area contributed by atoms with Crippen molar-refractivity contribution in [2.24, 2.45) is 5.92 Å². The molecule has 0 aromatic heterocycles. The molecule has 19 heavy (non-hydrogen) atoms. The van der Waals surface area contributed by atoms with Crippen LogP contribution in [0, 0.1) is 5.92 Å². The molecule has 0 aliphatic carbocycles.